The lowest BCUT2D eigenvalue weighted by molar-refractivity contribution is -0.386. The van der Waals surface area contributed by atoms with Crippen LogP contribution in [0.5, 0.6) is 5.75 Å². The highest BCUT2D eigenvalue weighted by molar-refractivity contribution is 5.48. The molecule has 1 fully saturated rings. The summed E-state index contributed by atoms with van der Waals surface area (Å²) in [6.07, 6.45) is 2.04. The Hall–Kier alpha value is -1.62. The maximum Gasteiger partial charge on any atom is 0.311 e. The molecule has 2 rings (SSSR count). The van der Waals surface area contributed by atoms with E-state index in [0.29, 0.717) is 11.3 Å². The summed E-state index contributed by atoms with van der Waals surface area (Å²) in [6.45, 7) is -0.204. The van der Waals surface area contributed by atoms with E-state index in [1.54, 1.807) is 12.1 Å². The van der Waals surface area contributed by atoms with Crippen LogP contribution >= 0.6 is 0 Å². The van der Waals surface area contributed by atoms with Crippen LogP contribution in [0.2, 0.25) is 0 Å². The van der Waals surface area contributed by atoms with Gasteiger partial charge >= 0.3 is 5.69 Å². The van der Waals surface area contributed by atoms with Crippen molar-refractivity contribution < 1.29 is 14.8 Å². The van der Waals surface area contributed by atoms with Crippen molar-refractivity contribution in [2.24, 2.45) is 0 Å². The summed E-state index contributed by atoms with van der Waals surface area (Å²) in [6, 6.07) is 4.52. The SMILES string of the molecule is O=[N+]([O-])c1cc(CO)ccc1OC1CC1. The van der Waals surface area contributed by atoms with Crippen LogP contribution < -0.4 is 4.74 Å². The molecule has 0 unspecified atom stereocenters. The molecule has 80 valence electrons. The Bertz CT molecular complexity index is 387. The van der Waals surface area contributed by atoms with Crippen LogP contribution in [0.15, 0.2) is 18.2 Å². The lowest BCUT2D eigenvalue weighted by Gasteiger charge is -2.05. The second-order valence-corrected chi connectivity index (χ2v) is 3.53. The number of ether oxygens (including phenoxy) is 1. The highest BCUT2D eigenvalue weighted by atomic mass is 16.6. The van der Waals surface area contributed by atoms with Gasteiger partial charge in [-0.05, 0) is 24.5 Å². The van der Waals surface area contributed by atoms with E-state index < -0.39 is 4.92 Å². The number of hydrogen-bond donors (Lipinski definition) is 1. The highest BCUT2D eigenvalue weighted by Crippen LogP contribution is 2.33. The van der Waals surface area contributed by atoms with Gasteiger partial charge in [-0.25, -0.2) is 0 Å². The lowest BCUT2D eigenvalue weighted by Crippen LogP contribution is -2.00. The zero-order chi connectivity index (χ0) is 10.8. The second kappa shape index (κ2) is 3.86. The number of aliphatic hydroxyl groups excluding tert-OH is 1. The molecular weight excluding hydrogens is 198 g/mol. The fourth-order valence-corrected chi connectivity index (χ4v) is 1.27. The summed E-state index contributed by atoms with van der Waals surface area (Å²) in [5, 5.41) is 19.6. The quantitative estimate of drug-likeness (QED) is 0.604. The fraction of sp³-hybridized carbons (Fsp3) is 0.400. The maximum atomic E-state index is 10.7. The number of benzene rings is 1. The Morgan fingerprint density at radius 1 is 1.53 bits per heavy atom. The van der Waals surface area contributed by atoms with Gasteiger partial charge in [-0.2, -0.15) is 0 Å². The predicted molar refractivity (Wildman–Crippen MR) is 52.7 cm³/mol. The zero-order valence-electron chi connectivity index (χ0n) is 8.05. The first kappa shape index (κ1) is 9.92. The molecule has 5 nitrogen and oxygen atoms in total. The first-order valence-corrected chi connectivity index (χ1v) is 4.75. The summed E-state index contributed by atoms with van der Waals surface area (Å²) >= 11 is 0. The summed E-state index contributed by atoms with van der Waals surface area (Å²) < 4.78 is 5.39. The third kappa shape index (κ3) is 2.24. The van der Waals surface area contributed by atoms with E-state index in [0.717, 1.165) is 12.8 Å². The zero-order valence-corrected chi connectivity index (χ0v) is 8.05. The van der Waals surface area contributed by atoms with Crippen molar-refractivity contribution in [2.45, 2.75) is 25.6 Å². The Balaban J connectivity index is 2.29. The molecule has 0 aliphatic heterocycles. The highest BCUT2D eigenvalue weighted by Gasteiger charge is 2.27. The van der Waals surface area contributed by atoms with E-state index in [1.807, 2.05) is 0 Å². The number of nitro groups is 1. The largest absolute Gasteiger partial charge is 0.483 e. The van der Waals surface area contributed by atoms with E-state index in [4.69, 9.17) is 9.84 Å². The first-order chi connectivity index (χ1) is 7.20. The topological polar surface area (TPSA) is 72.6 Å². The van der Waals surface area contributed by atoms with E-state index in [1.165, 1.54) is 6.07 Å². The van der Waals surface area contributed by atoms with Crippen LogP contribution in [0.25, 0.3) is 0 Å². The van der Waals surface area contributed by atoms with Crippen LogP contribution in [0, 0.1) is 10.1 Å². The van der Waals surface area contributed by atoms with Gasteiger partial charge in [0.2, 0.25) is 0 Å². The Morgan fingerprint density at radius 2 is 2.27 bits per heavy atom. The van der Waals surface area contributed by atoms with Crippen molar-refractivity contribution in [3.8, 4) is 5.75 Å². The molecule has 1 aliphatic rings. The molecule has 0 heterocycles. The molecule has 1 N–H and O–H groups in total. The third-order valence-electron chi connectivity index (χ3n) is 2.22. The van der Waals surface area contributed by atoms with Gasteiger partial charge in [-0.1, -0.05) is 6.07 Å². The van der Waals surface area contributed by atoms with Crippen LogP contribution in [0.4, 0.5) is 5.69 Å². The van der Waals surface area contributed by atoms with Gasteiger partial charge in [0.15, 0.2) is 5.75 Å². The Labute approximate surface area is 86.4 Å². The lowest BCUT2D eigenvalue weighted by atomic mass is 10.2. The van der Waals surface area contributed by atoms with Crippen molar-refractivity contribution in [3.63, 3.8) is 0 Å². The molecule has 0 radical (unpaired) electrons. The molecule has 0 atom stereocenters. The third-order valence-corrected chi connectivity index (χ3v) is 2.22. The Kier molecular flexibility index (Phi) is 2.55. The molecule has 0 aromatic heterocycles. The maximum absolute atomic E-state index is 10.7. The predicted octanol–water partition coefficient (Wildman–Crippen LogP) is 1.63. The summed E-state index contributed by atoms with van der Waals surface area (Å²) in [5.74, 6) is 0.291. The number of hydrogen-bond acceptors (Lipinski definition) is 4. The smallest absolute Gasteiger partial charge is 0.311 e. The normalized spacial score (nSPS) is 15.0. The van der Waals surface area contributed by atoms with Crippen LogP contribution in [-0.4, -0.2) is 16.1 Å². The van der Waals surface area contributed by atoms with Crippen LogP contribution in [-0.2, 0) is 6.61 Å². The van der Waals surface area contributed by atoms with Crippen molar-refractivity contribution in [1.82, 2.24) is 0 Å². The van der Waals surface area contributed by atoms with Gasteiger partial charge in [0, 0.05) is 6.07 Å². The summed E-state index contributed by atoms with van der Waals surface area (Å²) in [4.78, 5) is 10.2. The molecule has 1 saturated carbocycles. The molecule has 5 heteroatoms. The molecule has 0 bridgehead atoms. The van der Waals surface area contributed by atoms with Crippen molar-refractivity contribution >= 4 is 5.69 Å². The van der Waals surface area contributed by atoms with Crippen molar-refractivity contribution in [2.75, 3.05) is 0 Å². The second-order valence-electron chi connectivity index (χ2n) is 3.53. The minimum atomic E-state index is -0.489. The number of rotatable bonds is 4. The molecular formula is C10H11NO4. The van der Waals surface area contributed by atoms with Gasteiger partial charge in [0.05, 0.1) is 17.6 Å². The summed E-state index contributed by atoms with van der Waals surface area (Å²) in [7, 11) is 0. The van der Waals surface area contributed by atoms with Crippen LogP contribution in [0.1, 0.15) is 18.4 Å². The molecule has 0 amide bonds. The van der Waals surface area contributed by atoms with E-state index in [-0.39, 0.29) is 18.4 Å². The van der Waals surface area contributed by atoms with Crippen molar-refractivity contribution in [3.05, 3.63) is 33.9 Å². The van der Waals surface area contributed by atoms with E-state index in [2.05, 4.69) is 0 Å². The average Bonchev–Trinajstić information content (AvgIpc) is 3.02. The van der Waals surface area contributed by atoms with Gasteiger partial charge in [-0.15, -0.1) is 0 Å². The summed E-state index contributed by atoms with van der Waals surface area (Å²) in [5.41, 5.74) is 0.443. The minimum Gasteiger partial charge on any atom is -0.483 e. The van der Waals surface area contributed by atoms with Crippen LogP contribution in [0.3, 0.4) is 0 Å². The molecule has 1 aliphatic carbocycles. The van der Waals surface area contributed by atoms with Gasteiger partial charge in [0.1, 0.15) is 0 Å². The number of nitro benzene ring substituents is 1. The van der Waals surface area contributed by atoms with Crippen molar-refractivity contribution in [1.29, 1.82) is 0 Å². The fourth-order valence-electron chi connectivity index (χ4n) is 1.27. The minimum absolute atomic E-state index is 0.0755. The van der Waals surface area contributed by atoms with Gasteiger partial charge in [-0.3, -0.25) is 10.1 Å². The molecule has 1 aromatic carbocycles. The van der Waals surface area contributed by atoms with E-state index in [9.17, 15) is 10.1 Å². The molecule has 1 aromatic rings. The molecule has 0 saturated heterocycles. The Morgan fingerprint density at radius 3 is 2.80 bits per heavy atom. The number of nitrogens with zero attached hydrogens (tertiary/aromatic N) is 1. The van der Waals surface area contributed by atoms with Gasteiger partial charge in [0.25, 0.3) is 0 Å². The number of aliphatic hydroxyl groups is 1. The molecule has 0 spiro atoms. The first-order valence-electron chi connectivity index (χ1n) is 4.75. The average molecular weight is 209 g/mol. The standard InChI is InChI=1S/C10H11NO4/c12-6-7-1-4-10(15-8-2-3-8)9(5-7)11(13)14/h1,4-5,8,12H,2-3,6H2. The monoisotopic (exact) mass is 209 g/mol. The molecule has 15 heavy (non-hydrogen) atoms. The van der Waals surface area contributed by atoms with Gasteiger partial charge < -0.3 is 9.84 Å². The van der Waals surface area contributed by atoms with E-state index >= 15 is 0 Å².